The van der Waals surface area contributed by atoms with Gasteiger partial charge in [-0.05, 0) is 30.7 Å². The molecule has 0 saturated carbocycles. The van der Waals surface area contributed by atoms with E-state index in [1.54, 1.807) is 0 Å². The van der Waals surface area contributed by atoms with E-state index >= 15 is 0 Å². The van der Waals surface area contributed by atoms with Crippen LogP contribution in [0.15, 0.2) is 24.3 Å². The Morgan fingerprint density at radius 3 is 1.76 bits per heavy atom. The maximum Gasteiger partial charge on any atom is 0.221 e. The lowest BCUT2D eigenvalue weighted by Crippen LogP contribution is -2.08. The monoisotopic (exact) mass is 405 g/mol. The van der Waals surface area contributed by atoms with E-state index in [0.717, 1.165) is 24.5 Å². The Kier molecular flexibility index (Phi) is 16.2. The molecular weight excluding hydrogens is 362 g/mol. The number of hydrogen-bond acceptors (Lipinski definition) is 3. The van der Waals surface area contributed by atoms with Gasteiger partial charge in [0.15, 0.2) is 0 Å². The van der Waals surface area contributed by atoms with Gasteiger partial charge in [-0.2, -0.15) is 0 Å². The van der Waals surface area contributed by atoms with Gasteiger partial charge in [-0.3, -0.25) is 4.79 Å². The molecule has 0 saturated heterocycles. The number of anilines is 1. The Bertz CT molecular complexity index is 501. The normalized spacial score (nSPS) is 10.8. The molecular formula is C25H43NO3. The SMILES string of the molecule is CCCCCCCCCCCCCCCOCCOc1ccc(NC(C)=O)cc1. The summed E-state index contributed by atoms with van der Waals surface area (Å²) < 4.78 is 11.3. The van der Waals surface area contributed by atoms with Crippen molar-refractivity contribution in [1.29, 1.82) is 0 Å². The van der Waals surface area contributed by atoms with Crippen molar-refractivity contribution in [3.8, 4) is 5.75 Å². The molecule has 0 fully saturated rings. The number of amides is 1. The summed E-state index contributed by atoms with van der Waals surface area (Å²) in [6, 6.07) is 7.39. The molecule has 4 heteroatoms. The average Bonchev–Trinajstić information content (AvgIpc) is 2.71. The summed E-state index contributed by atoms with van der Waals surface area (Å²) in [5.74, 6) is 0.726. The minimum atomic E-state index is -0.0692. The minimum absolute atomic E-state index is 0.0692. The van der Waals surface area contributed by atoms with Crippen LogP contribution in [0.3, 0.4) is 0 Å². The Morgan fingerprint density at radius 2 is 1.24 bits per heavy atom. The maximum absolute atomic E-state index is 11.0. The first kappa shape index (κ1) is 25.5. The molecule has 0 unspecified atom stereocenters. The van der Waals surface area contributed by atoms with Crippen LogP contribution in [0.25, 0.3) is 0 Å². The summed E-state index contributed by atoms with van der Waals surface area (Å²) in [6.45, 7) is 5.77. The molecule has 0 heterocycles. The maximum atomic E-state index is 11.0. The summed E-state index contributed by atoms with van der Waals surface area (Å²) in [4.78, 5) is 11.0. The number of rotatable bonds is 19. The number of ether oxygens (including phenoxy) is 2. The van der Waals surface area contributed by atoms with E-state index in [9.17, 15) is 4.79 Å². The van der Waals surface area contributed by atoms with Gasteiger partial charge in [-0.15, -0.1) is 0 Å². The van der Waals surface area contributed by atoms with Gasteiger partial charge in [0, 0.05) is 19.2 Å². The van der Waals surface area contributed by atoms with Gasteiger partial charge in [0.25, 0.3) is 0 Å². The van der Waals surface area contributed by atoms with E-state index in [1.807, 2.05) is 24.3 Å². The topological polar surface area (TPSA) is 47.6 Å². The minimum Gasteiger partial charge on any atom is -0.491 e. The zero-order valence-corrected chi connectivity index (χ0v) is 18.8. The van der Waals surface area contributed by atoms with Crippen molar-refractivity contribution >= 4 is 11.6 Å². The molecule has 4 nitrogen and oxygen atoms in total. The second kappa shape index (κ2) is 18.5. The standard InChI is InChI=1S/C25H43NO3/c1-3-4-5-6-7-8-9-10-11-12-13-14-15-20-28-21-22-29-25-18-16-24(17-19-25)26-23(2)27/h16-19H,3-15,20-22H2,1-2H3,(H,26,27). The third-order valence-corrected chi connectivity index (χ3v) is 5.06. The molecule has 0 aromatic heterocycles. The van der Waals surface area contributed by atoms with Gasteiger partial charge in [0.05, 0.1) is 6.61 Å². The van der Waals surface area contributed by atoms with Crippen LogP contribution in [0.4, 0.5) is 5.69 Å². The zero-order valence-electron chi connectivity index (χ0n) is 18.8. The van der Waals surface area contributed by atoms with Crippen molar-refractivity contribution < 1.29 is 14.3 Å². The molecule has 0 bridgehead atoms. The molecule has 29 heavy (non-hydrogen) atoms. The fourth-order valence-electron chi connectivity index (χ4n) is 3.38. The third kappa shape index (κ3) is 16.0. The summed E-state index contributed by atoms with van der Waals surface area (Å²) in [5, 5.41) is 2.74. The first-order chi connectivity index (χ1) is 14.2. The van der Waals surface area contributed by atoms with E-state index in [4.69, 9.17) is 9.47 Å². The van der Waals surface area contributed by atoms with Gasteiger partial charge in [0.1, 0.15) is 12.4 Å². The molecule has 1 amide bonds. The first-order valence-electron chi connectivity index (χ1n) is 11.8. The number of unbranched alkanes of at least 4 members (excludes halogenated alkanes) is 12. The summed E-state index contributed by atoms with van der Waals surface area (Å²) >= 11 is 0. The van der Waals surface area contributed by atoms with Crippen molar-refractivity contribution in [3.05, 3.63) is 24.3 Å². The van der Waals surface area contributed by atoms with Crippen LogP contribution in [-0.2, 0) is 9.53 Å². The fraction of sp³-hybridized carbons (Fsp3) is 0.720. The molecule has 0 aliphatic rings. The van der Waals surface area contributed by atoms with Crippen molar-refractivity contribution in [3.63, 3.8) is 0 Å². The molecule has 1 N–H and O–H groups in total. The smallest absolute Gasteiger partial charge is 0.221 e. The van der Waals surface area contributed by atoms with Crippen molar-refractivity contribution in [2.24, 2.45) is 0 Å². The summed E-state index contributed by atoms with van der Waals surface area (Å²) in [6.07, 6.45) is 17.8. The number of hydrogen-bond donors (Lipinski definition) is 1. The van der Waals surface area contributed by atoms with Crippen LogP contribution in [0.1, 0.15) is 97.3 Å². The molecule has 0 radical (unpaired) electrons. The van der Waals surface area contributed by atoms with Gasteiger partial charge >= 0.3 is 0 Å². The van der Waals surface area contributed by atoms with Crippen LogP contribution in [0, 0.1) is 0 Å². The van der Waals surface area contributed by atoms with Crippen LogP contribution >= 0.6 is 0 Å². The van der Waals surface area contributed by atoms with Crippen LogP contribution in [0.5, 0.6) is 5.75 Å². The lowest BCUT2D eigenvalue weighted by atomic mass is 10.0. The van der Waals surface area contributed by atoms with E-state index in [-0.39, 0.29) is 5.91 Å². The lowest BCUT2D eigenvalue weighted by molar-refractivity contribution is -0.114. The molecule has 1 aromatic carbocycles. The van der Waals surface area contributed by atoms with Crippen molar-refractivity contribution in [2.45, 2.75) is 97.3 Å². The predicted molar refractivity (Wildman–Crippen MR) is 123 cm³/mol. The van der Waals surface area contributed by atoms with E-state index in [0.29, 0.717) is 13.2 Å². The van der Waals surface area contributed by atoms with Crippen molar-refractivity contribution in [1.82, 2.24) is 0 Å². The molecule has 166 valence electrons. The predicted octanol–water partition coefficient (Wildman–Crippen LogP) is 7.13. The Balaban J connectivity index is 1.80. The highest BCUT2D eigenvalue weighted by atomic mass is 16.5. The van der Waals surface area contributed by atoms with Crippen LogP contribution in [0.2, 0.25) is 0 Å². The van der Waals surface area contributed by atoms with Gasteiger partial charge in [-0.1, -0.05) is 84.0 Å². The average molecular weight is 406 g/mol. The highest BCUT2D eigenvalue weighted by Gasteiger charge is 1.98. The largest absolute Gasteiger partial charge is 0.491 e. The van der Waals surface area contributed by atoms with Crippen molar-refractivity contribution in [2.75, 3.05) is 25.1 Å². The van der Waals surface area contributed by atoms with Gasteiger partial charge < -0.3 is 14.8 Å². The van der Waals surface area contributed by atoms with E-state index < -0.39 is 0 Å². The summed E-state index contributed by atoms with van der Waals surface area (Å²) in [7, 11) is 0. The van der Waals surface area contributed by atoms with Gasteiger partial charge in [0.2, 0.25) is 5.91 Å². The molecule has 0 spiro atoms. The molecule has 0 atom stereocenters. The van der Waals surface area contributed by atoms with Crippen LogP contribution in [-0.4, -0.2) is 25.7 Å². The Morgan fingerprint density at radius 1 is 0.724 bits per heavy atom. The second-order valence-electron chi connectivity index (χ2n) is 7.91. The van der Waals surface area contributed by atoms with Gasteiger partial charge in [-0.25, -0.2) is 0 Å². The zero-order chi connectivity index (χ0) is 21.0. The number of carbonyl (C=O) groups excluding carboxylic acids is 1. The third-order valence-electron chi connectivity index (χ3n) is 5.06. The highest BCUT2D eigenvalue weighted by Crippen LogP contribution is 2.15. The first-order valence-corrected chi connectivity index (χ1v) is 11.8. The number of benzene rings is 1. The van der Waals surface area contributed by atoms with E-state index in [2.05, 4.69) is 12.2 Å². The quantitative estimate of drug-likeness (QED) is 0.249. The number of nitrogens with one attached hydrogen (secondary N) is 1. The number of carbonyl (C=O) groups is 1. The molecule has 1 rings (SSSR count). The Labute approximate surface area is 178 Å². The highest BCUT2D eigenvalue weighted by molar-refractivity contribution is 5.88. The van der Waals surface area contributed by atoms with Crippen LogP contribution < -0.4 is 10.1 Å². The lowest BCUT2D eigenvalue weighted by Gasteiger charge is -2.08. The Hall–Kier alpha value is -1.55. The molecule has 0 aliphatic heterocycles. The van der Waals surface area contributed by atoms with E-state index in [1.165, 1.54) is 84.0 Å². The second-order valence-corrected chi connectivity index (χ2v) is 7.91. The molecule has 0 aliphatic carbocycles. The summed E-state index contributed by atoms with van der Waals surface area (Å²) in [5.41, 5.74) is 0.781. The fourth-order valence-corrected chi connectivity index (χ4v) is 3.38. The molecule has 1 aromatic rings.